The second kappa shape index (κ2) is 9.54. The number of nitrogens with zero attached hydrogens (tertiary/aromatic N) is 2. The van der Waals surface area contributed by atoms with Crippen molar-refractivity contribution in [1.29, 1.82) is 0 Å². The largest absolute Gasteiger partial charge is 0.497 e. The number of carbonyl (C=O) groups excluding carboxylic acids is 1. The summed E-state index contributed by atoms with van der Waals surface area (Å²) in [5, 5.41) is 0. The lowest BCUT2D eigenvalue weighted by atomic mass is 9.95. The van der Waals surface area contributed by atoms with Crippen molar-refractivity contribution in [3.8, 4) is 23.0 Å². The summed E-state index contributed by atoms with van der Waals surface area (Å²) < 4.78 is 29.1. The van der Waals surface area contributed by atoms with Crippen molar-refractivity contribution in [1.82, 2.24) is 4.57 Å². The SMILES string of the molecule is CCOC(=O)C1=C(C)N=c2s/c(=C\c3ccc4c(c3)OCO4)c(=O)n2C1c1ccc(OC)cc1OC. The Hall–Kier alpha value is -4.05. The molecule has 10 heteroatoms. The van der Waals surface area contributed by atoms with Gasteiger partial charge in [0, 0.05) is 11.6 Å². The van der Waals surface area contributed by atoms with Crippen LogP contribution in [-0.2, 0) is 9.53 Å². The normalized spacial score (nSPS) is 16.4. The first-order valence-corrected chi connectivity index (χ1v) is 12.1. The van der Waals surface area contributed by atoms with E-state index in [-0.39, 0.29) is 24.5 Å². The second-order valence-corrected chi connectivity index (χ2v) is 9.03. The number of rotatable bonds is 6. The Balaban J connectivity index is 1.72. The standard InChI is InChI=1S/C26H24N2O7S/c1-5-33-25(30)22-14(2)27-26-28(23(22)17-8-7-16(31-3)12-19(17)32-4)24(29)21(36-26)11-15-6-9-18-20(10-15)35-13-34-18/h6-12,23H,5,13H2,1-4H3/b21-11-. The molecule has 2 aliphatic rings. The number of thiazole rings is 1. The third kappa shape index (κ3) is 4.03. The van der Waals surface area contributed by atoms with Crippen LogP contribution in [0.2, 0.25) is 0 Å². The van der Waals surface area contributed by atoms with Crippen molar-refractivity contribution in [3.63, 3.8) is 0 Å². The molecule has 0 saturated carbocycles. The summed E-state index contributed by atoms with van der Waals surface area (Å²) in [6.45, 7) is 3.83. The molecule has 3 aromatic rings. The quantitative estimate of drug-likeness (QED) is 0.472. The first-order valence-electron chi connectivity index (χ1n) is 11.3. The van der Waals surface area contributed by atoms with Gasteiger partial charge in [-0.25, -0.2) is 9.79 Å². The van der Waals surface area contributed by atoms with Gasteiger partial charge < -0.3 is 23.7 Å². The minimum Gasteiger partial charge on any atom is -0.497 e. The van der Waals surface area contributed by atoms with Gasteiger partial charge in [-0.05, 0) is 49.8 Å². The van der Waals surface area contributed by atoms with E-state index in [0.29, 0.717) is 43.6 Å². The molecule has 0 bridgehead atoms. The Morgan fingerprint density at radius 3 is 2.72 bits per heavy atom. The van der Waals surface area contributed by atoms with Crippen LogP contribution < -0.4 is 33.8 Å². The van der Waals surface area contributed by atoms with Gasteiger partial charge in [0.05, 0.1) is 36.6 Å². The van der Waals surface area contributed by atoms with E-state index in [2.05, 4.69) is 4.99 Å². The maximum absolute atomic E-state index is 13.8. The molecular weight excluding hydrogens is 484 g/mol. The molecule has 2 aliphatic heterocycles. The number of methoxy groups -OCH3 is 2. The highest BCUT2D eigenvalue weighted by atomic mass is 32.1. The minimum absolute atomic E-state index is 0.167. The van der Waals surface area contributed by atoms with E-state index in [1.807, 2.05) is 12.1 Å². The number of allylic oxidation sites excluding steroid dienone is 1. The van der Waals surface area contributed by atoms with Gasteiger partial charge >= 0.3 is 5.97 Å². The fraction of sp³-hybridized carbons (Fsp3) is 0.269. The molecule has 36 heavy (non-hydrogen) atoms. The summed E-state index contributed by atoms with van der Waals surface area (Å²) >= 11 is 1.24. The highest BCUT2D eigenvalue weighted by Gasteiger charge is 2.35. The van der Waals surface area contributed by atoms with E-state index >= 15 is 0 Å². The van der Waals surface area contributed by atoms with Crippen LogP contribution in [0.3, 0.4) is 0 Å². The molecule has 0 spiro atoms. The number of esters is 1. The summed E-state index contributed by atoms with van der Waals surface area (Å²) in [7, 11) is 3.09. The molecule has 5 rings (SSSR count). The lowest BCUT2D eigenvalue weighted by Gasteiger charge is -2.26. The van der Waals surface area contributed by atoms with Crippen molar-refractivity contribution >= 4 is 23.4 Å². The zero-order chi connectivity index (χ0) is 25.4. The van der Waals surface area contributed by atoms with Crippen molar-refractivity contribution in [3.05, 3.63) is 78.5 Å². The Labute approximate surface area is 210 Å². The third-order valence-corrected chi connectivity index (χ3v) is 6.93. The first-order chi connectivity index (χ1) is 17.4. The predicted octanol–water partition coefficient (Wildman–Crippen LogP) is 2.54. The van der Waals surface area contributed by atoms with Crippen LogP contribution in [0, 0.1) is 0 Å². The van der Waals surface area contributed by atoms with E-state index in [1.54, 1.807) is 51.3 Å². The van der Waals surface area contributed by atoms with E-state index < -0.39 is 12.0 Å². The maximum Gasteiger partial charge on any atom is 0.338 e. The minimum atomic E-state index is -0.792. The molecule has 1 atom stereocenters. The second-order valence-electron chi connectivity index (χ2n) is 8.02. The Kier molecular flexibility index (Phi) is 6.27. The van der Waals surface area contributed by atoms with Crippen LogP contribution in [0.15, 0.2) is 57.5 Å². The molecule has 1 unspecified atom stereocenters. The molecule has 0 aliphatic carbocycles. The fourth-order valence-corrected chi connectivity index (χ4v) is 5.33. The van der Waals surface area contributed by atoms with Crippen LogP contribution in [0.25, 0.3) is 6.08 Å². The predicted molar refractivity (Wildman–Crippen MR) is 133 cm³/mol. The molecule has 9 nitrogen and oxygen atoms in total. The van der Waals surface area contributed by atoms with Gasteiger partial charge in [0.2, 0.25) is 6.79 Å². The molecule has 186 valence electrons. The maximum atomic E-state index is 13.8. The van der Waals surface area contributed by atoms with E-state index in [4.69, 9.17) is 23.7 Å². The Bertz CT molecular complexity index is 1570. The lowest BCUT2D eigenvalue weighted by molar-refractivity contribution is -0.139. The summed E-state index contributed by atoms with van der Waals surface area (Å²) in [5.74, 6) is 1.81. The number of aromatic nitrogens is 1. The first kappa shape index (κ1) is 23.7. The van der Waals surface area contributed by atoms with E-state index in [1.165, 1.54) is 23.0 Å². The average molecular weight is 509 g/mol. The van der Waals surface area contributed by atoms with Crippen LogP contribution in [-0.4, -0.2) is 38.2 Å². The summed E-state index contributed by atoms with van der Waals surface area (Å²) in [5.41, 5.74) is 1.87. The highest BCUT2D eigenvalue weighted by molar-refractivity contribution is 7.07. The van der Waals surface area contributed by atoms with Gasteiger partial charge in [-0.2, -0.15) is 0 Å². The summed E-state index contributed by atoms with van der Waals surface area (Å²) in [6, 6.07) is 9.95. The topological polar surface area (TPSA) is 97.6 Å². The van der Waals surface area contributed by atoms with Gasteiger partial charge in [0.25, 0.3) is 5.56 Å². The van der Waals surface area contributed by atoms with Crippen molar-refractivity contribution in [2.75, 3.05) is 27.6 Å². The Morgan fingerprint density at radius 2 is 1.97 bits per heavy atom. The van der Waals surface area contributed by atoms with E-state index in [9.17, 15) is 9.59 Å². The van der Waals surface area contributed by atoms with E-state index in [0.717, 1.165) is 5.56 Å². The van der Waals surface area contributed by atoms with Crippen LogP contribution in [0.4, 0.5) is 0 Å². The molecule has 0 amide bonds. The number of fused-ring (bicyclic) bond motifs is 2. The van der Waals surface area contributed by atoms with Crippen LogP contribution >= 0.6 is 11.3 Å². The van der Waals surface area contributed by atoms with Gasteiger partial charge in [-0.1, -0.05) is 17.4 Å². The molecule has 1 aromatic heterocycles. The van der Waals surface area contributed by atoms with Crippen LogP contribution in [0.1, 0.15) is 31.0 Å². The van der Waals surface area contributed by atoms with Crippen molar-refractivity contribution < 1.29 is 28.5 Å². The molecular formula is C26H24N2O7S. The number of hydrogen-bond acceptors (Lipinski definition) is 9. The summed E-state index contributed by atoms with van der Waals surface area (Å²) in [6.07, 6.45) is 1.78. The van der Waals surface area contributed by atoms with Crippen molar-refractivity contribution in [2.24, 2.45) is 4.99 Å². The van der Waals surface area contributed by atoms with Gasteiger partial charge in [0.1, 0.15) is 17.5 Å². The fourth-order valence-electron chi connectivity index (χ4n) is 4.28. The third-order valence-electron chi connectivity index (χ3n) is 5.95. The zero-order valence-electron chi connectivity index (χ0n) is 20.2. The highest BCUT2D eigenvalue weighted by Crippen LogP contribution is 2.37. The number of benzene rings is 2. The van der Waals surface area contributed by atoms with Crippen molar-refractivity contribution in [2.45, 2.75) is 19.9 Å². The summed E-state index contributed by atoms with van der Waals surface area (Å²) in [4.78, 5) is 31.9. The molecule has 0 fully saturated rings. The monoisotopic (exact) mass is 508 g/mol. The van der Waals surface area contributed by atoms with Gasteiger partial charge in [-0.3, -0.25) is 9.36 Å². The number of hydrogen-bond donors (Lipinski definition) is 0. The van der Waals surface area contributed by atoms with Gasteiger partial charge in [0.15, 0.2) is 16.3 Å². The molecule has 0 saturated heterocycles. The van der Waals surface area contributed by atoms with Crippen LogP contribution in [0.5, 0.6) is 23.0 Å². The smallest absolute Gasteiger partial charge is 0.338 e. The Morgan fingerprint density at radius 1 is 1.17 bits per heavy atom. The number of carbonyl (C=O) groups is 1. The van der Waals surface area contributed by atoms with Gasteiger partial charge in [-0.15, -0.1) is 0 Å². The lowest BCUT2D eigenvalue weighted by Crippen LogP contribution is -2.40. The molecule has 0 radical (unpaired) electrons. The molecule has 2 aromatic carbocycles. The molecule has 3 heterocycles. The molecule has 0 N–H and O–H groups in total. The number of ether oxygens (including phenoxy) is 5. The average Bonchev–Trinajstić information content (AvgIpc) is 3.46. The zero-order valence-corrected chi connectivity index (χ0v) is 21.0.